The fraction of sp³-hybridized carbons (Fsp3) is 0.500. The molecule has 0 saturated carbocycles. The maximum atomic E-state index is 12.0. The Morgan fingerprint density at radius 1 is 1.43 bits per heavy atom. The van der Waals surface area contributed by atoms with Crippen LogP contribution in [0.5, 0.6) is 0 Å². The van der Waals surface area contributed by atoms with Gasteiger partial charge in [0, 0.05) is 38.2 Å². The van der Waals surface area contributed by atoms with E-state index in [2.05, 4.69) is 27.2 Å². The zero-order valence-corrected chi connectivity index (χ0v) is 12.4. The van der Waals surface area contributed by atoms with Crippen molar-refractivity contribution < 1.29 is 4.79 Å². The third-order valence-electron chi connectivity index (χ3n) is 3.39. The Morgan fingerprint density at radius 2 is 2.19 bits per heavy atom. The minimum Gasteiger partial charge on any atom is -0.368 e. The Labute approximate surface area is 124 Å². The fourth-order valence-corrected chi connectivity index (χ4v) is 2.40. The first kappa shape index (κ1) is 15.1. The summed E-state index contributed by atoms with van der Waals surface area (Å²) in [5.41, 5.74) is 7.72. The van der Waals surface area contributed by atoms with Gasteiger partial charge in [-0.3, -0.25) is 0 Å². The van der Waals surface area contributed by atoms with Gasteiger partial charge in [-0.15, -0.1) is 6.58 Å². The fourth-order valence-electron chi connectivity index (χ4n) is 2.40. The molecule has 0 radical (unpaired) electrons. The van der Waals surface area contributed by atoms with Gasteiger partial charge in [0.1, 0.15) is 5.82 Å². The van der Waals surface area contributed by atoms with Crippen LogP contribution >= 0.6 is 0 Å². The second-order valence-electron chi connectivity index (χ2n) is 4.85. The number of rotatable bonds is 4. The highest BCUT2D eigenvalue weighted by molar-refractivity contribution is 5.74. The summed E-state index contributed by atoms with van der Waals surface area (Å²) < 4.78 is 0. The summed E-state index contributed by atoms with van der Waals surface area (Å²) in [5, 5.41) is 6.02. The number of aromatic nitrogens is 2. The van der Waals surface area contributed by atoms with Crippen molar-refractivity contribution in [2.75, 3.05) is 37.2 Å². The summed E-state index contributed by atoms with van der Waals surface area (Å²) in [6, 6.07) is -0.0353. The smallest absolute Gasteiger partial charge is 0.317 e. The second kappa shape index (κ2) is 6.92. The zero-order valence-electron chi connectivity index (χ0n) is 12.4. The molecule has 0 aromatic carbocycles. The van der Waals surface area contributed by atoms with Gasteiger partial charge in [0.2, 0.25) is 5.95 Å². The van der Waals surface area contributed by atoms with Crippen molar-refractivity contribution in [3.05, 3.63) is 23.9 Å². The first-order valence-corrected chi connectivity index (χ1v) is 7.18. The maximum absolute atomic E-state index is 12.0. The number of hydrogen-bond acceptors (Lipinski definition) is 5. The van der Waals surface area contributed by atoms with Gasteiger partial charge in [-0.05, 0) is 13.3 Å². The normalized spacial score (nSPS) is 14.0. The molecule has 7 heteroatoms. The maximum Gasteiger partial charge on any atom is 0.317 e. The van der Waals surface area contributed by atoms with E-state index in [0.717, 1.165) is 17.1 Å². The van der Waals surface area contributed by atoms with E-state index in [1.807, 2.05) is 6.92 Å². The molecule has 0 spiro atoms. The molecular weight excluding hydrogens is 268 g/mol. The lowest BCUT2D eigenvalue weighted by atomic mass is 10.1. The topological polar surface area (TPSA) is 96.2 Å². The number of anilines is 2. The van der Waals surface area contributed by atoms with Crippen molar-refractivity contribution in [3.63, 3.8) is 0 Å². The Hall–Kier alpha value is -2.31. The van der Waals surface area contributed by atoms with Gasteiger partial charge >= 0.3 is 6.03 Å². The van der Waals surface area contributed by atoms with Gasteiger partial charge in [0.25, 0.3) is 0 Å². The molecule has 7 nitrogen and oxygen atoms in total. The number of nitrogens with two attached hydrogens (primary N) is 1. The molecule has 0 aliphatic carbocycles. The summed E-state index contributed by atoms with van der Waals surface area (Å²) in [6.45, 7) is 8.12. The summed E-state index contributed by atoms with van der Waals surface area (Å²) in [5.74, 6) is 1.00. The molecule has 21 heavy (non-hydrogen) atoms. The number of carbonyl (C=O) groups is 1. The van der Waals surface area contributed by atoms with Crippen LogP contribution in [-0.4, -0.2) is 47.1 Å². The number of urea groups is 1. The highest BCUT2D eigenvalue weighted by Crippen LogP contribution is 2.22. The second-order valence-corrected chi connectivity index (χ2v) is 4.85. The molecule has 0 saturated heterocycles. The van der Waals surface area contributed by atoms with Gasteiger partial charge in [-0.25, -0.2) is 9.78 Å². The number of nitrogens with zero attached hydrogens (tertiary/aromatic N) is 3. The van der Waals surface area contributed by atoms with Crippen molar-refractivity contribution in [1.82, 2.24) is 20.2 Å². The van der Waals surface area contributed by atoms with Crippen LogP contribution in [0.15, 0.2) is 12.7 Å². The minimum absolute atomic E-state index is 0.0353. The van der Waals surface area contributed by atoms with Crippen molar-refractivity contribution in [3.8, 4) is 0 Å². The summed E-state index contributed by atoms with van der Waals surface area (Å²) in [7, 11) is 0. The van der Waals surface area contributed by atoms with E-state index in [0.29, 0.717) is 39.0 Å². The van der Waals surface area contributed by atoms with Gasteiger partial charge in [0.15, 0.2) is 0 Å². The molecule has 1 aromatic rings. The Kier molecular flexibility index (Phi) is 4.97. The predicted octanol–water partition coefficient (Wildman–Crippen LogP) is 0.787. The Bertz CT molecular complexity index is 530. The molecule has 114 valence electrons. The molecule has 0 fully saturated rings. The van der Waals surface area contributed by atoms with Crippen molar-refractivity contribution in [2.24, 2.45) is 0 Å². The zero-order chi connectivity index (χ0) is 15.2. The van der Waals surface area contributed by atoms with Crippen molar-refractivity contribution in [1.29, 1.82) is 0 Å². The van der Waals surface area contributed by atoms with Crippen LogP contribution < -0.4 is 16.4 Å². The summed E-state index contributed by atoms with van der Waals surface area (Å²) in [4.78, 5) is 22.3. The van der Waals surface area contributed by atoms with Crippen LogP contribution in [0.25, 0.3) is 0 Å². The molecule has 1 aliphatic heterocycles. The molecule has 1 aromatic heterocycles. The number of amides is 2. The van der Waals surface area contributed by atoms with E-state index >= 15 is 0 Å². The van der Waals surface area contributed by atoms with E-state index in [4.69, 9.17) is 5.73 Å². The van der Waals surface area contributed by atoms with Crippen molar-refractivity contribution in [2.45, 2.75) is 19.8 Å². The van der Waals surface area contributed by atoms with E-state index in [-0.39, 0.29) is 12.0 Å². The van der Waals surface area contributed by atoms with Crippen LogP contribution in [0, 0.1) is 0 Å². The third-order valence-corrected chi connectivity index (χ3v) is 3.39. The highest BCUT2D eigenvalue weighted by Gasteiger charge is 2.21. The number of nitrogens with one attached hydrogen (secondary N) is 2. The van der Waals surface area contributed by atoms with Crippen LogP contribution in [-0.2, 0) is 12.8 Å². The molecule has 0 bridgehead atoms. The number of hydrogen-bond donors (Lipinski definition) is 3. The van der Waals surface area contributed by atoms with E-state index in [1.165, 1.54) is 0 Å². The Balaban J connectivity index is 2.19. The number of fused-ring (bicyclic) bond motifs is 1. The highest BCUT2D eigenvalue weighted by atomic mass is 16.2. The lowest BCUT2D eigenvalue weighted by Gasteiger charge is -2.20. The molecule has 2 rings (SSSR count). The molecule has 0 unspecified atom stereocenters. The predicted molar refractivity (Wildman–Crippen MR) is 83.2 cm³/mol. The van der Waals surface area contributed by atoms with Gasteiger partial charge in [-0.2, -0.15) is 4.98 Å². The molecule has 1 aliphatic rings. The summed E-state index contributed by atoms with van der Waals surface area (Å²) in [6.07, 6.45) is 3.16. The molecule has 2 heterocycles. The van der Waals surface area contributed by atoms with Gasteiger partial charge in [0.05, 0.1) is 5.69 Å². The van der Waals surface area contributed by atoms with E-state index in [9.17, 15) is 4.79 Å². The molecule has 2 amide bonds. The number of nitrogen functional groups attached to an aromatic ring is 1. The minimum atomic E-state index is -0.0353. The van der Waals surface area contributed by atoms with E-state index in [1.54, 1.807) is 11.0 Å². The quantitative estimate of drug-likeness (QED) is 0.712. The van der Waals surface area contributed by atoms with Crippen molar-refractivity contribution >= 4 is 17.8 Å². The lowest BCUT2D eigenvalue weighted by Crippen LogP contribution is -2.41. The van der Waals surface area contributed by atoms with Crippen LogP contribution in [0.4, 0.5) is 16.6 Å². The first-order chi connectivity index (χ1) is 10.2. The standard InChI is InChI=1S/C14H22N6O/c1-3-7-17-12-10-5-8-20(14(21)16-4-2)9-6-11(10)18-13(15)19-12/h3H,1,4-9H2,2H3,(H,16,21)(H3,15,17,18,19). The molecule has 0 atom stereocenters. The SMILES string of the molecule is C=CCNc1nc(N)nc2c1CCN(C(=O)NCC)CC2. The third kappa shape index (κ3) is 3.62. The average molecular weight is 290 g/mol. The molecule has 4 N–H and O–H groups in total. The first-order valence-electron chi connectivity index (χ1n) is 7.18. The van der Waals surface area contributed by atoms with Crippen LogP contribution in [0.3, 0.4) is 0 Å². The van der Waals surface area contributed by atoms with E-state index < -0.39 is 0 Å². The molecular formula is C14H22N6O. The monoisotopic (exact) mass is 290 g/mol. The number of carbonyl (C=O) groups excluding carboxylic acids is 1. The van der Waals surface area contributed by atoms with Gasteiger partial charge < -0.3 is 21.3 Å². The van der Waals surface area contributed by atoms with Gasteiger partial charge in [-0.1, -0.05) is 6.08 Å². The Morgan fingerprint density at radius 3 is 2.90 bits per heavy atom. The lowest BCUT2D eigenvalue weighted by molar-refractivity contribution is 0.201. The van der Waals surface area contributed by atoms with Crippen LogP contribution in [0.1, 0.15) is 18.2 Å². The summed E-state index contributed by atoms with van der Waals surface area (Å²) >= 11 is 0. The largest absolute Gasteiger partial charge is 0.368 e. The average Bonchev–Trinajstić information content (AvgIpc) is 2.67. The van der Waals surface area contributed by atoms with Crippen LogP contribution in [0.2, 0.25) is 0 Å².